The first-order chi connectivity index (χ1) is 12.0. The van der Waals surface area contributed by atoms with E-state index in [0.717, 1.165) is 6.42 Å². The predicted molar refractivity (Wildman–Crippen MR) is 105 cm³/mol. The number of amides is 2. The zero-order chi connectivity index (χ0) is 19.8. The molecule has 26 heavy (non-hydrogen) atoms. The van der Waals surface area contributed by atoms with Crippen molar-refractivity contribution in [2.45, 2.75) is 71.9 Å². The molecule has 0 spiro atoms. The van der Waals surface area contributed by atoms with E-state index in [9.17, 15) is 14.7 Å². The van der Waals surface area contributed by atoms with Crippen LogP contribution in [0.3, 0.4) is 0 Å². The summed E-state index contributed by atoms with van der Waals surface area (Å²) in [7, 11) is 0. The van der Waals surface area contributed by atoms with Gasteiger partial charge in [-0.2, -0.15) is 0 Å². The summed E-state index contributed by atoms with van der Waals surface area (Å²) in [6.07, 6.45) is 1.58. The summed E-state index contributed by atoms with van der Waals surface area (Å²) >= 11 is 0. The first kappa shape index (κ1) is 22.2. The zero-order valence-electron chi connectivity index (χ0n) is 16.8. The van der Waals surface area contributed by atoms with Gasteiger partial charge in [-0.3, -0.25) is 9.59 Å². The zero-order valence-corrected chi connectivity index (χ0v) is 16.8. The number of carbonyl (C=O) groups is 2. The third kappa shape index (κ3) is 8.99. The molecule has 0 heterocycles. The van der Waals surface area contributed by atoms with Crippen LogP contribution < -0.4 is 10.6 Å². The number of nitrogens with one attached hydrogen (secondary N) is 2. The molecule has 1 aromatic rings. The first-order valence-corrected chi connectivity index (χ1v) is 9.33. The van der Waals surface area contributed by atoms with Gasteiger partial charge in [0.25, 0.3) is 5.91 Å². The fourth-order valence-electron chi connectivity index (χ4n) is 3.27. The molecular formula is C21H34N2O3. The van der Waals surface area contributed by atoms with Crippen LogP contribution in [0.5, 0.6) is 0 Å². The molecule has 0 aliphatic carbocycles. The Labute approximate surface area is 157 Å². The van der Waals surface area contributed by atoms with Crippen molar-refractivity contribution in [2.75, 3.05) is 6.54 Å². The quantitative estimate of drug-likeness (QED) is 0.590. The number of hydrogen-bond donors (Lipinski definition) is 3. The second kappa shape index (κ2) is 9.72. The molecule has 3 N–H and O–H groups in total. The third-order valence-electron chi connectivity index (χ3n) is 3.96. The van der Waals surface area contributed by atoms with Gasteiger partial charge in [0.15, 0.2) is 0 Å². The highest BCUT2D eigenvalue weighted by atomic mass is 16.3. The minimum Gasteiger partial charge on any atom is -0.383 e. The lowest BCUT2D eigenvalue weighted by molar-refractivity contribution is -0.131. The van der Waals surface area contributed by atoms with Crippen LogP contribution in [0.1, 0.15) is 70.7 Å². The second-order valence-electron chi connectivity index (χ2n) is 8.74. The molecule has 1 aromatic carbocycles. The smallest absolute Gasteiger partial charge is 0.251 e. The van der Waals surface area contributed by atoms with Gasteiger partial charge in [0.1, 0.15) is 6.10 Å². The van der Waals surface area contributed by atoms with E-state index in [4.69, 9.17) is 0 Å². The highest BCUT2D eigenvalue weighted by Crippen LogP contribution is 2.26. The molecular weight excluding hydrogens is 328 g/mol. The number of benzene rings is 1. The Hall–Kier alpha value is -1.88. The molecule has 0 aliphatic heterocycles. The largest absolute Gasteiger partial charge is 0.383 e. The highest BCUT2D eigenvalue weighted by Gasteiger charge is 2.28. The molecule has 0 saturated heterocycles. The summed E-state index contributed by atoms with van der Waals surface area (Å²) in [5.74, 6) is -0.430. The van der Waals surface area contributed by atoms with Gasteiger partial charge in [-0.15, -0.1) is 0 Å². The van der Waals surface area contributed by atoms with Crippen molar-refractivity contribution in [3.05, 3.63) is 35.9 Å². The molecule has 2 amide bonds. The Bertz CT molecular complexity index is 577. The van der Waals surface area contributed by atoms with Gasteiger partial charge < -0.3 is 15.7 Å². The normalized spacial score (nSPS) is 13.2. The fourth-order valence-corrected chi connectivity index (χ4v) is 3.27. The molecule has 0 aliphatic rings. The predicted octanol–water partition coefficient (Wildman–Crippen LogP) is 3.28. The van der Waals surface area contributed by atoms with Gasteiger partial charge >= 0.3 is 0 Å². The Morgan fingerprint density at radius 1 is 1.04 bits per heavy atom. The summed E-state index contributed by atoms with van der Waals surface area (Å²) in [5.41, 5.74) is 0.367. The van der Waals surface area contributed by atoms with Gasteiger partial charge in [0.05, 0.1) is 0 Å². The van der Waals surface area contributed by atoms with Gasteiger partial charge in [0, 0.05) is 17.6 Å². The summed E-state index contributed by atoms with van der Waals surface area (Å²) in [6, 6.07) is 9.05. The lowest BCUT2D eigenvalue weighted by Crippen LogP contribution is -2.49. The Balaban J connectivity index is 2.26. The van der Waals surface area contributed by atoms with Crippen LogP contribution in [-0.2, 0) is 4.79 Å². The maximum Gasteiger partial charge on any atom is 0.251 e. The van der Waals surface area contributed by atoms with E-state index >= 15 is 0 Å². The van der Waals surface area contributed by atoms with Gasteiger partial charge in [0.2, 0.25) is 5.91 Å². The van der Waals surface area contributed by atoms with Crippen molar-refractivity contribution in [1.29, 1.82) is 0 Å². The van der Waals surface area contributed by atoms with Crippen LogP contribution in [0.15, 0.2) is 30.3 Å². The summed E-state index contributed by atoms with van der Waals surface area (Å²) in [5, 5.41) is 15.8. The molecule has 1 rings (SSSR count). The number of carbonyl (C=O) groups excluding carboxylic acids is 2. The molecule has 1 atom stereocenters. The van der Waals surface area contributed by atoms with E-state index in [2.05, 4.69) is 31.4 Å². The second-order valence-corrected chi connectivity index (χ2v) is 8.74. The topological polar surface area (TPSA) is 78.4 Å². The average Bonchev–Trinajstić information content (AvgIpc) is 2.52. The van der Waals surface area contributed by atoms with Crippen molar-refractivity contribution in [2.24, 2.45) is 5.41 Å². The van der Waals surface area contributed by atoms with Crippen molar-refractivity contribution in [3.8, 4) is 0 Å². The molecule has 0 saturated carbocycles. The minimum absolute atomic E-state index is 0.0959. The first-order valence-electron chi connectivity index (χ1n) is 9.33. The number of unbranched alkanes of at least 4 members (excludes halogenated alkanes) is 1. The van der Waals surface area contributed by atoms with Crippen LogP contribution in [-0.4, -0.2) is 35.1 Å². The van der Waals surface area contributed by atoms with Gasteiger partial charge in [-0.1, -0.05) is 39.0 Å². The van der Waals surface area contributed by atoms with E-state index < -0.39 is 6.10 Å². The van der Waals surface area contributed by atoms with Crippen molar-refractivity contribution >= 4 is 11.8 Å². The van der Waals surface area contributed by atoms with Crippen LogP contribution in [0.2, 0.25) is 0 Å². The summed E-state index contributed by atoms with van der Waals surface area (Å²) < 4.78 is 0. The van der Waals surface area contributed by atoms with Crippen LogP contribution >= 0.6 is 0 Å². The molecule has 0 fully saturated rings. The number of aliphatic hydroxyl groups excluding tert-OH is 1. The molecule has 0 radical (unpaired) electrons. The van der Waals surface area contributed by atoms with E-state index in [-0.39, 0.29) is 22.8 Å². The fraction of sp³-hybridized carbons (Fsp3) is 0.619. The van der Waals surface area contributed by atoms with Gasteiger partial charge in [-0.25, -0.2) is 0 Å². The van der Waals surface area contributed by atoms with Crippen molar-refractivity contribution in [1.82, 2.24) is 10.6 Å². The molecule has 5 heteroatoms. The highest BCUT2D eigenvalue weighted by molar-refractivity contribution is 5.94. The number of hydrogen-bond acceptors (Lipinski definition) is 3. The summed E-state index contributed by atoms with van der Waals surface area (Å²) in [4.78, 5) is 24.1. The van der Waals surface area contributed by atoms with Crippen LogP contribution in [0.25, 0.3) is 0 Å². The molecule has 146 valence electrons. The molecule has 0 bridgehead atoms. The molecule has 1 unspecified atom stereocenters. The maximum atomic E-state index is 12.2. The van der Waals surface area contributed by atoms with E-state index in [0.29, 0.717) is 31.4 Å². The van der Waals surface area contributed by atoms with E-state index in [1.165, 1.54) is 0 Å². The third-order valence-corrected chi connectivity index (χ3v) is 3.96. The van der Waals surface area contributed by atoms with Crippen molar-refractivity contribution < 1.29 is 14.7 Å². The van der Waals surface area contributed by atoms with Crippen LogP contribution in [0.4, 0.5) is 0 Å². The summed E-state index contributed by atoms with van der Waals surface area (Å²) in [6.45, 7) is 10.9. The standard InChI is InChI=1S/C21H34N2O3/c1-20(2,3)15-21(4,5)23-19(26)17(24)13-9-10-14-22-18(25)16-11-7-6-8-12-16/h6-8,11-12,17,24H,9-10,13-15H2,1-5H3,(H,22,25)(H,23,26). The molecule has 0 aromatic heterocycles. The number of aliphatic hydroxyl groups is 1. The monoisotopic (exact) mass is 362 g/mol. The van der Waals surface area contributed by atoms with Gasteiger partial charge in [-0.05, 0) is 57.1 Å². The lowest BCUT2D eigenvalue weighted by Gasteiger charge is -2.34. The minimum atomic E-state index is -1.01. The van der Waals surface area contributed by atoms with Crippen molar-refractivity contribution in [3.63, 3.8) is 0 Å². The molecule has 5 nitrogen and oxygen atoms in total. The Kier molecular flexibility index (Phi) is 8.28. The SMILES string of the molecule is CC(C)(C)CC(C)(C)NC(=O)C(O)CCCCNC(=O)c1ccccc1. The maximum absolute atomic E-state index is 12.2. The Morgan fingerprint density at radius 3 is 2.23 bits per heavy atom. The number of rotatable bonds is 9. The van der Waals surface area contributed by atoms with E-state index in [1.807, 2.05) is 32.0 Å². The van der Waals surface area contributed by atoms with Crippen LogP contribution in [0, 0.1) is 5.41 Å². The average molecular weight is 363 g/mol. The van der Waals surface area contributed by atoms with E-state index in [1.54, 1.807) is 12.1 Å². The Morgan fingerprint density at radius 2 is 1.65 bits per heavy atom. The lowest BCUT2D eigenvalue weighted by atomic mass is 9.81.